The van der Waals surface area contributed by atoms with Gasteiger partial charge in [-0.15, -0.1) is 0 Å². The van der Waals surface area contributed by atoms with E-state index in [0.29, 0.717) is 0 Å². The fourth-order valence-corrected chi connectivity index (χ4v) is 14.2. The van der Waals surface area contributed by atoms with E-state index in [-0.39, 0.29) is 0 Å². The molecule has 6 heteroatoms. The van der Waals surface area contributed by atoms with Crippen LogP contribution in [0.5, 0.6) is 0 Å². The SMILES string of the molecule is c1ccc2c(c1)oc1ccc(-n3c4ccccc4c4cc(-c5cc(-c6ccc7c(c6)c6ccccc6n7-c6ccc7oc8ccc(-n9c%10ccccc%10c%10ccccc%109)cc8c7c6)cc(-n6c7ccccc7c7ccccc76)c5)ccc43)cc12. The fourth-order valence-electron chi connectivity index (χ4n) is 14.2. The zero-order valence-electron chi connectivity index (χ0n) is 45.2. The molecule has 0 saturated carbocycles. The monoisotopic (exact) mass is 1070 g/mol. The Hall–Kier alpha value is -11.3. The van der Waals surface area contributed by atoms with E-state index in [1.165, 1.54) is 65.2 Å². The second kappa shape index (κ2) is 17.1. The zero-order chi connectivity index (χ0) is 54.7. The molecule has 6 aromatic heterocycles. The standard InChI is InChI=1S/C78H46N4O2/c1-8-22-67-55(15-1)56-16-2-9-23-68(56)79(67)52-32-37-77-65(45-52)66-46-53(33-38-78(66)84-77)81-72-27-13-6-20-60(72)63-43-48(30-35-74(63)81)50-39-49(40-54(41-50)82-69-24-10-3-17-57(69)58-18-4-11-25-70(58)82)47-29-34-73-62(42-47)59-19-5-12-26-71(59)80(73)51-31-36-76-64(44-51)61-21-7-14-28-75(61)83-76/h1-46H. The number of furan rings is 2. The molecule has 84 heavy (non-hydrogen) atoms. The van der Waals surface area contributed by atoms with E-state index in [1.54, 1.807) is 0 Å². The van der Waals surface area contributed by atoms with Crippen molar-refractivity contribution in [1.82, 2.24) is 18.3 Å². The smallest absolute Gasteiger partial charge is 0.135 e. The Morgan fingerprint density at radius 2 is 0.452 bits per heavy atom. The number of nitrogens with zero attached hydrogens (tertiary/aromatic N) is 4. The highest BCUT2D eigenvalue weighted by Gasteiger charge is 2.21. The number of fused-ring (bicyclic) bond motifs is 18. The van der Waals surface area contributed by atoms with Gasteiger partial charge in [0.1, 0.15) is 22.3 Å². The third-order valence-electron chi connectivity index (χ3n) is 17.9. The van der Waals surface area contributed by atoms with Gasteiger partial charge >= 0.3 is 0 Å². The Bertz CT molecular complexity index is 5910. The van der Waals surface area contributed by atoms with Gasteiger partial charge < -0.3 is 27.1 Å². The number of hydrogen-bond donors (Lipinski definition) is 0. The predicted molar refractivity (Wildman–Crippen MR) is 349 cm³/mol. The molecule has 0 radical (unpaired) electrons. The molecule has 390 valence electrons. The van der Waals surface area contributed by atoms with Gasteiger partial charge in [-0.25, -0.2) is 0 Å². The molecule has 0 spiro atoms. The summed E-state index contributed by atoms with van der Waals surface area (Å²) in [6.07, 6.45) is 0. The van der Waals surface area contributed by atoms with Gasteiger partial charge in [-0.3, -0.25) is 0 Å². The first-order chi connectivity index (χ1) is 41.6. The Kier molecular flexibility index (Phi) is 9.24. The summed E-state index contributed by atoms with van der Waals surface area (Å²) in [4.78, 5) is 0. The van der Waals surface area contributed by atoms with Gasteiger partial charge in [-0.05, 0) is 162 Å². The van der Waals surface area contributed by atoms with Crippen LogP contribution >= 0.6 is 0 Å². The van der Waals surface area contributed by atoms with Gasteiger partial charge in [-0.2, -0.15) is 0 Å². The van der Waals surface area contributed by atoms with Crippen molar-refractivity contribution in [2.75, 3.05) is 0 Å². The van der Waals surface area contributed by atoms with E-state index in [9.17, 15) is 0 Å². The highest BCUT2D eigenvalue weighted by atomic mass is 16.3. The van der Waals surface area contributed by atoms with E-state index in [2.05, 4.69) is 285 Å². The first-order valence-corrected chi connectivity index (χ1v) is 28.7. The number of benzene rings is 13. The van der Waals surface area contributed by atoms with E-state index < -0.39 is 0 Å². The Labute approximate surface area is 479 Å². The molecule has 0 aliphatic carbocycles. The van der Waals surface area contributed by atoms with Crippen LogP contribution in [-0.4, -0.2) is 18.3 Å². The Balaban J connectivity index is 0.787. The lowest BCUT2D eigenvalue weighted by Gasteiger charge is -2.15. The third kappa shape index (κ3) is 6.44. The van der Waals surface area contributed by atoms with Crippen molar-refractivity contribution in [3.8, 4) is 45.0 Å². The van der Waals surface area contributed by atoms with Crippen LogP contribution in [0.15, 0.2) is 288 Å². The van der Waals surface area contributed by atoms with Crippen molar-refractivity contribution in [3.63, 3.8) is 0 Å². The van der Waals surface area contributed by atoms with Crippen molar-refractivity contribution in [3.05, 3.63) is 279 Å². The van der Waals surface area contributed by atoms with Gasteiger partial charge in [0.25, 0.3) is 0 Å². The minimum absolute atomic E-state index is 0.862. The number of para-hydroxylation sites is 7. The van der Waals surface area contributed by atoms with Gasteiger partial charge in [0.2, 0.25) is 0 Å². The molecular weight excluding hydrogens is 1020 g/mol. The highest BCUT2D eigenvalue weighted by Crippen LogP contribution is 2.43. The largest absolute Gasteiger partial charge is 0.456 e. The molecule has 0 N–H and O–H groups in total. The molecule has 13 aromatic carbocycles. The van der Waals surface area contributed by atoms with Gasteiger partial charge in [0.15, 0.2) is 0 Å². The summed E-state index contributed by atoms with van der Waals surface area (Å²) < 4.78 is 22.5. The molecule has 0 amide bonds. The molecular formula is C78H46N4O2. The second-order valence-electron chi connectivity index (χ2n) is 22.4. The molecule has 0 aliphatic rings. The molecule has 0 atom stereocenters. The lowest BCUT2D eigenvalue weighted by atomic mass is 9.96. The summed E-state index contributed by atoms with van der Waals surface area (Å²) in [6, 6.07) is 102. The van der Waals surface area contributed by atoms with Crippen LogP contribution in [0.25, 0.3) is 176 Å². The summed E-state index contributed by atoms with van der Waals surface area (Å²) in [5.41, 5.74) is 21.8. The average Bonchev–Trinajstić information content (AvgIpc) is 2.62. The van der Waals surface area contributed by atoms with Crippen LogP contribution in [0.4, 0.5) is 0 Å². The summed E-state index contributed by atoms with van der Waals surface area (Å²) in [5.74, 6) is 0. The summed E-state index contributed by atoms with van der Waals surface area (Å²) in [6.45, 7) is 0. The van der Waals surface area contributed by atoms with Crippen LogP contribution < -0.4 is 0 Å². The number of rotatable bonds is 6. The average molecular weight is 1070 g/mol. The molecule has 19 aromatic rings. The molecule has 6 nitrogen and oxygen atoms in total. The van der Waals surface area contributed by atoms with E-state index in [0.717, 1.165) is 111 Å². The molecule has 0 unspecified atom stereocenters. The Morgan fingerprint density at radius 3 is 0.833 bits per heavy atom. The van der Waals surface area contributed by atoms with Gasteiger partial charge in [0, 0.05) is 87.4 Å². The van der Waals surface area contributed by atoms with E-state index in [4.69, 9.17) is 8.83 Å². The van der Waals surface area contributed by atoms with Gasteiger partial charge in [0.05, 0.1) is 44.1 Å². The van der Waals surface area contributed by atoms with Crippen LogP contribution in [0.3, 0.4) is 0 Å². The normalized spacial score (nSPS) is 12.3. The molecule has 0 bridgehead atoms. The summed E-state index contributed by atoms with van der Waals surface area (Å²) >= 11 is 0. The number of hydrogen-bond acceptors (Lipinski definition) is 2. The van der Waals surface area contributed by atoms with Crippen LogP contribution in [0.1, 0.15) is 0 Å². The molecule has 0 aliphatic heterocycles. The maximum atomic E-state index is 6.59. The molecule has 0 fully saturated rings. The van der Waals surface area contributed by atoms with Crippen molar-refractivity contribution in [1.29, 1.82) is 0 Å². The quantitative estimate of drug-likeness (QED) is 0.167. The predicted octanol–water partition coefficient (Wildman–Crippen LogP) is 21.2. The van der Waals surface area contributed by atoms with E-state index >= 15 is 0 Å². The summed E-state index contributed by atoms with van der Waals surface area (Å²) in [7, 11) is 0. The van der Waals surface area contributed by atoms with Crippen LogP contribution in [-0.2, 0) is 0 Å². The molecule has 19 rings (SSSR count). The summed E-state index contributed by atoms with van der Waals surface area (Å²) in [5, 5.41) is 14.1. The second-order valence-corrected chi connectivity index (χ2v) is 22.4. The minimum Gasteiger partial charge on any atom is -0.456 e. The molecule has 6 heterocycles. The van der Waals surface area contributed by atoms with Crippen LogP contribution in [0, 0.1) is 0 Å². The van der Waals surface area contributed by atoms with Gasteiger partial charge in [-0.1, -0.05) is 140 Å². The molecule has 0 saturated heterocycles. The highest BCUT2D eigenvalue weighted by molar-refractivity contribution is 6.15. The van der Waals surface area contributed by atoms with Crippen molar-refractivity contribution < 1.29 is 8.83 Å². The van der Waals surface area contributed by atoms with Crippen molar-refractivity contribution in [2.24, 2.45) is 0 Å². The first kappa shape index (κ1) is 45.4. The minimum atomic E-state index is 0.862. The first-order valence-electron chi connectivity index (χ1n) is 28.7. The van der Waals surface area contributed by atoms with Crippen LogP contribution in [0.2, 0.25) is 0 Å². The zero-order valence-corrected chi connectivity index (χ0v) is 45.2. The fraction of sp³-hybridized carbons (Fsp3) is 0. The Morgan fingerprint density at radius 1 is 0.167 bits per heavy atom. The van der Waals surface area contributed by atoms with Crippen molar-refractivity contribution in [2.45, 2.75) is 0 Å². The lowest BCUT2D eigenvalue weighted by molar-refractivity contribution is 0.668. The topological polar surface area (TPSA) is 46.0 Å². The lowest BCUT2D eigenvalue weighted by Crippen LogP contribution is -1.96. The maximum absolute atomic E-state index is 6.59. The number of aromatic nitrogens is 4. The maximum Gasteiger partial charge on any atom is 0.135 e. The van der Waals surface area contributed by atoms with E-state index in [1.807, 2.05) is 12.1 Å². The van der Waals surface area contributed by atoms with Crippen molar-refractivity contribution >= 4 is 131 Å². The third-order valence-corrected chi connectivity index (χ3v) is 17.9.